The number of ether oxygens (including phenoxy) is 2. The molecule has 0 saturated heterocycles. The largest absolute Gasteiger partial charge is 0.490 e. The average molecular weight is 495 g/mol. The molecule has 0 unspecified atom stereocenters. The predicted octanol–water partition coefficient (Wildman–Crippen LogP) is 5.65. The first-order chi connectivity index (χ1) is 15.5. The highest BCUT2D eigenvalue weighted by atomic mass is 79.9. The van der Waals surface area contributed by atoms with Crippen molar-refractivity contribution in [3.63, 3.8) is 0 Å². The summed E-state index contributed by atoms with van der Waals surface area (Å²) in [5.74, 6) is 1.08. The molecule has 32 heavy (non-hydrogen) atoms. The molecule has 0 spiro atoms. The lowest BCUT2D eigenvalue weighted by molar-refractivity contribution is -0.384. The number of hydrogen-bond donors (Lipinski definition) is 1. The molecule has 3 aromatic carbocycles. The van der Waals surface area contributed by atoms with Gasteiger partial charge in [-0.25, -0.2) is 0 Å². The highest BCUT2D eigenvalue weighted by molar-refractivity contribution is 9.10. The normalized spacial score (nSPS) is 10.5. The topological polar surface area (TPSA) is 110 Å². The van der Waals surface area contributed by atoms with E-state index in [2.05, 4.69) is 32.5 Å². The Labute approximate surface area is 193 Å². The number of nitro benzene ring substituents is 1. The second kappa shape index (κ2) is 10.9. The Kier molecular flexibility index (Phi) is 7.78. The fraction of sp³-hybridized carbons (Fsp3) is 0.130. The summed E-state index contributed by atoms with van der Waals surface area (Å²) >= 11 is 3.52. The van der Waals surface area contributed by atoms with Crippen LogP contribution in [0.25, 0.3) is 0 Å². The van der Waals surface area contributed by atoms with E-state index in [0.717, 1.165) is 15.6 Å². The summed E-state index contributed by atoms with van der Waals surface area (Å²) < 4.78 is 12.4. The third-order valence-electron chi connectivity index (χ3n) is 4.36. The van der Waals surface area contributed by atoms with Crippen molar-refractivity contribution in [2.24, 2.45) is 5.10 Å². The van der Waals surface area contributed by atoms with Gasteiger partial charge < -0.3 is 9.47 Å². The van der Waals surface area contributed by atoms with Crippen LogP contribution < -0.4 is 14.9 Å². The molecule has 0 saturated carbocycles. The maximum atomic E-state index is 10.7. The summed E-state index contributed by atoms with van der Waals surface area (Å²) in [6.45, 7) is 2.55. The molecule has 0 aliphatic heterocycles. The van der Waals surface area contributed by atoms with Crippen molar-refractivity contribution >= 4 is 33.5 Å². The average Bonchev–Trinajstić information content (AvgIpc) is 2.80. The molecule has 162 valence electrons. The van der Waals surface area contributed by atoms with Gasteiger partial charge in [0.15, 0.2) is 11.5 Å². The molecular weight excluding hydrogens is 476 g/mol. The summed E-state index contributed by atoms with van der Waals surface area (Å²) in [7, 11) is 0. The van der Waals surface area contributed by atoms with Gasteiger partial charge >= 0.3 is 0 Å². The zero-order chi connectivity index (χ0) is 22.9. The molecule has 0 aliphatic carbocycles. The number of hydrazone groups is 1. The van der Waals surface area contributed by atoms with Crippen molar-refractivity contribution in [2.75, 3.05) is 12.0 Å². The van der Waals surface area contributed by atoms with Crippen LogP contribution in [0.1, 0.15) is 23.6 Å². The van der Waals surface area contributed by atoms with Crippen LogP contribution in [-0.4, -0.2) is 17.7 Å². The SMILES string of the molecule is CCOc1cc(/C=N/Nc2ccc([N+](=O)[O-])cc2)c(Br)cc1OCc1ccccc1C#N. The smallest absolute Gasteiger partial charge is 0.269 e. The molecule has 8 nitrogen and oxygen atoms in total. The van der Waals surface area contributed by atoms with Crippen LogP contribution in [0.5, 0.6) is 11.5 Å². The van der Waals surface area contributed by atoms with E-state index in [-0.39, 0.29) is 12.3 Å². The summed E-state index contributed by atoms with van der Waals surface area (Å²) in [6.07, 6.45) is 1.60. The maximum absolute atomic E-state index is 10.7. The first kappa shape index (κ1) is 22.8. The number of nitrogens with one attached hydrogen (secondary N) is 1. The van der Waals surface area contributed by atoms with Gasteiger partial charge in [-0.1, -0.05) is 18.2 Å². The van der Waals surface area contributed by atoms with Crippen LogP contribution >= 0.6 is 15.9 Å². The van der Waals surface area contributed by atoms with E-state index in [4.69, 9.17) is 9.47 Å². The van der Waals surface area contributed by atoms with Crippen molar-refractivity contribution in [3.8, 4) is 17.6 Å². The van der Waals surface area contributed by atoms with E-state index >= 15 is 0 Å². The predicted molar refractivity (Wildman–Crippen MR) is 125 cm³/mol. The lowest BCUT2D eigenvalue weighted by Crippen LogP contribution is -2.02. The molecule has 0 bridgehead atoms. The minimum absolute atomic E-state index is 0.0108. The molecule has 3 rings (SSSR count). The number of nitrogens with zero attached hydrogens (tertiary/aromatic N) is 3. The van der Waals surface area contributed by atoms with Gasteiger partial charge in [0.25, 0.3) is 5.69 Å². The second-order valence-electron chi connectivity index (χ2n) is 6.49. The Bertz CT molecular complexity index is 1170. The summed E-state index contributed by atoms with van der Waals surface area (Å²) in [6, 6.07) is 18.9. The van der Waals surface area contributed by atoms with E-state index < -0.39 is 4.92 Å². The summed E-state index contributed by atoms with van der Waals surface area (Å²) in [5, 5.41) is 24.2. The molecule has 0 aromatic heterocycles. The zero-order valence-electron chi connectivity index (χ0n) is 17.1. The Morgan fingerprint density at radius 2 is 1.88 bits per heavy atom. The fourth-order valence-corrected chi connectivity index (χ4v) is 3.20. The molecule has 0 heterocycles. The minimum atomic E-state index is -0.456. The quantitative estimate of drug-likeness (QED) is 0.233. The fourth-order valence-electron chi connectivity index (χ4n) is 2.78. The van der Waals surface area contributed by atoms with Crippen LogP contribution in [-0.2, 0) is 6.61 Å². The Balaban J connectivity index is 1.75. The van der Waals surface area contributed by atoms with E-state index in [1.807, 2.05) is 25.1 Å². The number of hydrogen-bond acceptors (Lipinski definition) is 7. The minimum Gasteiger partial charge on any atom is -0.490 e. The molecule has 0 atom stereocenters. The number of halogens is 1. The summed E-state index contributed by atoms with van der Waals surface area (Å²) in [5.41, 5.74) is 5.55. The first-order valence-corrected chi connectivity index (χ1v) is 10.4. The van der Waals surface area contributed by atoms with Gasteiger partial charge in [0.05, 0.1) is 35.1 Å². The van der Waals surface area contributed by atoms with Gasteiger partial charge in [-0.3, -0.25) is 15.5 Å². The van der Waals surface area contributed by atoms with Crippen LogP contribution in [0.3, 0.4) is 0 Å². The highest BCUT2D eigenvalue weighted by Gasteiger charge is 2.12. The molecule has 0 radical (unpaired) electrons. The molecule has 0 amide bonds. The number of benzene rings is 3. The van der Waals surface area contributed by atoms with Crippen molar-refractivity contribution in [2.45, 2.75) is 13.5 Å². The van der Waals surface area contributed by atoms with Gasteiger partial charge in [-0.05, 0) is 53.2 Å². The van der Waals surface area contributed by atoms with E-state index in [0.29, 0.717) is 29.4 Å². The number of rotatable bonds is 9. The standard InChI is InChI=1S/C23H19BrN4O4/c1-2-31-22-11-18(14-26-27-19-7-9-20(10-8-19)28(29)30)21(24)12-23(22)32-15-17-6-4-3-5-16(17)13-25/h3-12,14,27H,2,15H2,1H3/b26-14+. The molecule has 0 aliphatic rings. The van der Waals surface area contributed by atoms with E-state index in [9.17, 15) is 15.4 Å². The van der Waals surface area contributed by atoms with Gasteiger partial charge in [0.1, 0.15) is 6.61 Å². The van der Waals surface area contributed by atoms with Gasteiger partial charge in [-0.2, -0.15) is 10.4 Å². The van der Waals surface area contributed by atoms with E-state index in [1.165, 1.54) is 12.1 Å². The van der Waals surface area contributed by atoms with Crippen molar-refractivity contribution < 1.29 is 14.4 Å². The molecular formula is C23H19BrN4O4. The first-order valence-electron chi connectivity index (χ1n) is 9.62. The van der Waals surface area contributed by atoms with Crippen molar-refractivity contribution in [3.05, 3.63) is 91.9 Å². The number of nitro groups is 1. The third kappa shape index (κ3) is 5.83. The van der Waals surface area contributed by atoms with Crippen molar-refractivity contribution in [1.82, 2.24) is 0 Å². The van der Waals surface area contributed by atoms with Crippen LogP contribution in [0, 0.1) is 21.4 Å². The van der Waals surface area contributed by atoms with E-state index in [1.54, 1.807) is 36.5 Å². The number of non-ortho nitro benzene ring substituents is 1. The van der Waals surface area contributed by atoms with Crippen LogP contribution in [0.2, 0.25) is 0 Å². The Morgan fingerprint density at radius 1 is 1.16 bits per heavy atom. The summed E-state index contributed by atoms with van der Waals surface area (Å²) in [4.78, 5) is 10.3. The number of anilines is 1. The molecule has 9 heteroatoms. The van der Waals surface area contributed by atoms with Gasteiger partial charge in [-0.15, -0.1) is 0 Å². The molecule has 1 N–H and O–H groups in total. The van der Waals surface area contributed by atoms with Gasteiger partial charge in [0.2, 0.25) is 0 Å². The third-order valence-corrected chi connectivity index (χ3v) is 5.05. The maximum Gasteiger partial charge on any atom is 0.269 e. The lowest BCUT2D eigenvalue weighted by atomic mass is 10.1. The Morgan fingerprint density at radius 3 is 2.56 bits per heavy atom. The van der Waals surface area contributed by atoms with Crippen LogP contribution in [0.15, 0.2) is 70.2 Å². The molecule has 0 fully saturated rings. The van der Waals surface area contributed by atoms with Crippen LogP contribution in [0.4, 0.5) is 11.4 Å². The molecule has 3 aromatic rings. The number of nitriles is 1. The second-order valence-corrected chi connectivity index (χ2v) is 7.34. The Hall–Kier alpha value is -3.90. The van der Waals surface area contributed by atoms with Crippen molar-refractivity contribution in [1.29, 1.82) is 5.26 Å². The lowest BCUT2D eigenvalue weighted by Gasteiger charge is -2.14. The highest BCUT2D eigenvalue weighted by Crippen LogP contribution is 2.34. The monoisotopic (exact) mass is 494 g/mol. The van der Waals surface area contributed by atoms with Gasteiger partial charge in [0, 0.05) is 27.7 Å². The zero-order valence-corrected chi connectivity index (χ0v) is 18.7.